The lowest BCUT2D eigenvalue weighted by molar-refractivity contribution is 0.0955. The largest absolute Gasteiger partial charge is 0.378 e. The van der Waals surface area contributed by atoms with E-state index in [0.717, 1.165) is 24.7 Å². The third kappa shape index (κ3) is 5.45. The number of amides is 1. The first-order valence-corrected chi connectivity index (χ1v) is 9.44. The Morgan fingerprint density at radius 3 is 2.70 bits per heavy atom. The first-order chi connectivity index (χ1) is 13.0. The second-order valence-electron chi connectivity index (χ2n) is 6.06. The number of hydrogen-bond acceptors (Lipinski definition) is 6. The molecule has 2 heterocycles. The minimum Gasteiger partial charge on any atom is -0.378 e. The molecule has 1 aromatic heterocycles. The number of anilines is 2. The van der Waals surface area contributed by atoms with E-state index in [1.54, 1.807) is 18.2 Å². The van der Waals surface area contributed by atoms with Crippen molar-refractivity contribution in [1.82, 2.24) is 15.3 Å². The van der Waals surface area contributed by atoms with Gasteiger partial charge in [-0.05, 0) is 25.1 Å². The van der Waals surface area contributed by atoms with Gasteiger partial charge in [-0.2, -0.15) is 0 Å². The fourth-order valence-electron chi connectivity index (χ4n) is 2.73. The van der Waals surface area contributed by atoms with E-state index in [9.17, 15) is 4.79 Å². The molecule has 144 valence electrons. The minimum atomic E-state index is -0.244. The molecule has 1 aliphatic heterocycles. The maximum absolute atomic E-state index is 12.2. The molecule has 0 aliphatic carbocycles. The van der Waals surface area contributed by atoms with Gasteiger partial charge in [-0.1, -0.05) is 23.2 Å². The standard InChI is InChI=1S/C18H21Cl2N5O2/c1-12-23-16(11-17(24-12)25-6-8-27-9-7-25)21-4-5-22-18(26)14-3-2-13(19)10-15(14)20/h2-3,10-11H,4-9H2,1H3,(H,22,26)(H,21,23,24). The number of morpholine rings is 1. The topological polar surface area (TPSA) is 79.4 Å². The molecule has 0 bridgehead atoms. The van der Waals surface area contributed by atoms with Gasteiger partial charge in [0.05, 0.1) is 23.8 Å². The fourth-order valence-corrected chi connectivity index (χ4v) is 3.23. The SMILES string of the molecule is Cc1nc(NCCNC(=O)c2ccc(Cl)cc2Cl)cc(N2CCOCC2)n1. The summed E-state index contributed by atoms with van der Waals surface area (Å²) in [6, 6.07) is 6.70. The van der Waals surface area contributed by atoms with E-state index in [1.807, 2.05) is 13.0 Å². The number of hydrogen-bond donors (Lipinski definition) is 2. The fraction of sp³-hybridized carbons (Fsp3) is 0.389. The first kappa shape index (κ1) is 19.7. The third-order valence-electron chi connectivity index (χ3n) is 4.05. The number of carbonyl (C=O) groups is 1. The van der Waals surface area contributed by atoms with E-state index in [1.165, 1.54) is 0 Å². The summed E-state index contributed by atoms with van der Waals surface area (Å²) >= 11 is 11.9. The van der Waals surface area contributed by atoms with Crippen molar-refractivity contribution in [1.29, 1.82) is 0 Å². The highest BCUT2D eigenvalue weighted by Gasteiger charge is 2.14. The van der Waals surface area contributed by atoms with Gasteiger partial charge < -0.3 is 20.3 Å². The van der Waals surface area contributed by atoms with Crippen LogP contribution < -0.4 is 15.5 Å². The van der Waals surface area contributed by atoms with E-state index in [4.69, 9.17) is 27.9 Å². The van der Waals surface area contributed by atoms with Gasteiger partial charge in [0.1, 0.15) is 17.5 Å². The van der Waals surface area contributed by atoms with Crippen molar-refractivity contribution in [3.05, 3.63) is 45.7 Å². The number of carbonyl (C=O) groups excluding carboxylic acids is 1. The van der Waals surface area contributed by atoms with Crippen LogP contribution in [-0.4, -0.2) is 55.3 Å². The second kappa shape index (κ2) is 9.21. The monoisotopic (exact) mass is 409 g/mol. The lowest BCUT2D eigenvalue weighted by Crippen LogP contribution is -2.37. The van der Waals surface area contributed by atoms with Gasteiger partial charge in [0.2, 0.25) is 0 Å². The van der Waals surface area contributed by atoms with Crippen molar-refractivity contribution >= 4 is 40.7 Å². The third-order valence-corrected chi connectivity index (χ3v) is 4.60. The summed E-state index contributed by atoms with van der Waals surface area (Å²) in [5.41, 5.74) is 0.397. The highest BCUT2D eigenvalue weighted by molar-refractivity contribution is 6.36. The summed E-state index contributed by atoms with van der Waals surface area (Å²) in [4.78, 5) is 23.3. The molecule has 0 spiro atoms. The molecule has 27 heavy (non-hydrogen) atoms. The minimum absolute atomic E-state index is 0.244. The van der Waals surface area contributed by atoms with Gasteiger partial charge in [-0.25, -0.2) is 9.97 Å². The Balaban J connectivity index is 1.52. The molecular weight excluding hydrogens is 389 g/mol. The molecule has 1 aromatic carbocycles. The summed E-state index contributed by atoms with van der Waals surface area (Å²) < 4.78 is 5.38. The van der Waals surface area contributed by atoms with Crippen molar-refractivity contribution in [3.8, 4) is 0 Å². The molecule has 7 nitrogen and oxygen atoms in total. The van der Waals surface area contributed by atoms with E-state index in [2.05, 4.69) is 25.5 Å². The Morgan fingerprint density at radius 2 is 1.96 bits per heavy atom. The molecule has 3 rings (SSSR count). The molecule has 2 N–H and O–H groups in total. The Hall–Kier alpha value is -2.09. The molecule has 1 aliphatic rings. The Labute approximate surface area is 168 Å². The highest BCUT2D eigenvalue weighted by atomic mass is 35.5. The normalized spacial score (nSPS) is 14.1. The summed E-state index contributed by atoms with van der Waals surface area (Å²) in [6.45, 7) is 5.83. The number of benzene rings is 1. The predicted molar refractivity (Wildman–Crippen MR) is 107 cm³/mol. The van der Waals surface area contributed by atoms with Gasteiger partial charge in [0, 0.05) is 37.3 Å². The molecular formula is C18H21Cl2N5O2. The van der Waals surface area contributed by atoms with Gasteiger partial charge in [-0.3, -0.25) is 4.79 Å². The smallest absolute Gasteiger partial charge is 0.252 e. The lowest BCUT2D eigenvalue weighted by atomic mass is 10.2. The van der Waals surface area contributed by atoms with Crippen molar-refractivity contribution in [2.45, 2.75) is 6.92 Å². The highest BCUT2D eigenvalue weighted by Crippen LogP contribution is 2.21. The van der Waals surface area contributed by atoms with Crippen molar-refractivity contribution < 1.29 is 9.53 Å². The average Bonchev–Trinajstić information content (AvgIpc) is 2.65. The maximum Gasteiger partial charge on any atom is 0.252 e. The van der Waals surface area contributed by atoms with Crippen LogP contribution >= 0.6 is 23.2 Å². The molecule has 1 amide bonds. The van der Waals surface area contributed by atoms with Gasteiger partial charge in [0.15, 0.2) is 0 Å². The quantitative estimate of drug-likeness (QED) is 0.714. The van der Waals surface area contributed by atoms with E-state index < -0.39 is 0 Å². The molecule has 1 saturated heterocycles. The number of ether oxygens (including phenoxy) is 1. The van der Waals surface area contributed by atoms with E-state index in [-0.39, 0.29) is 5.91 Å². The molecule has 0 unspecified atom stereocenters. The number of aryl methyl sites for hydroxylation is 1. The Morgan fingerprint density at radius 1 is 1.19 bits per heavy atom. The van der Waals surface area contributed by atoms with Crippen molar-refractivity contribution in [2.24, 2.45) is 0 Å². The summed E-state index contributed by atoms with van der Waals surface area (Å²) in [5.74, 6) is 2.05. The van der Waals surface area contributed by atoms with E-state index in [0.29, 0.717) is 47.7 Å². The number of nitrogens with zero attached hydrogens (tertiary/aromatic N) is 3. The Bertz CT molecular complexity index is 812. The zero-order valence-corrected chi connectivity index (χ0v) is 16.5. The average molecular weight is 410 g/mol. The number of halogens is 2. The number of rotatable bonds is 6. The van der Waals surface area contributed by atoms with Crippen LogP contribution in [0.1, 0.15) is 16.2 Å². The van der Waals surface area contributed by atoms with Crippen molar-refractivity contribution in [2.75, 3.05) is 49.6 Å². The molecule has 2 aromatic rings. The summed E-state index contributed by atoms with van der Waals surface area (Å²) in [5, 5.41) is 6.86. The Kier molecular flexibility index (Phi) is 6.71. The van der Waals surface area contributed by atoms with E-state index >= 15 is 0 Å². The predicted octanol–water partition coefficient (Wildman–Crippen LogP) is 2.77. The van der Waals surface area contributed by atoms with Gasteiger partial charge >= 0.3 is 0 Å². The zero-order valence-electron chi connectivity index (χ0n) is 15.0. The lowest BCUT2D eigenvalue weighted by Gasteiger charge is -2.28. The molecule has 0 atom stereocenters. The van der Waals surface area contributed by atoms with Crippen LogP contribution in [0.4, 0.5) is 11.6 Å². The van der Waals surface area contributed by atoms with Crippen LogP contribution in [-0.2, 0) is 4.74 Å². The summed E-state index contributed by atoms with van der Waals surface area (Å²) in [6.07, 6.45) is 0. The van der Waals surface area contributed by atoms with Crippen LogP contribution in [0.5, 0.6) is 0 Å². The molecule has 9 heteroatoms. The second-order valence-corrected chi connectivity index (χ2v) is 6.91. The molecule has 0 saturated carbocycles. The first-order valence-electron chi connectivity index (χ1n) is 8.68. The van der Waals surface area contributed by atoms with Gasteiger partial charge in [0.25, 0.3) is 5.91 Å². The number of aromatic nitrogens is 2. The zero-order chi connectivity index (χ0) is 19.2. The van der Waals surface area contributed by atoms with Crippen molar-refractivity contribution in [3.63, 3.8) is 0 Å². The molecule has 1 fully saturated rings. The summed E-state index contributed by atoms with van der Waals surface area (Å²) in [7, 11) is 0. The van der Waals surface area contributed by atoms with Crippen LogP contribution in [0.3, 0.4) is 0 Å². The van der Waals surface area contributed by atoms with Crippen LogP contribution in [0, 0.1) is 6.92 Å². The van der Waals surface area contributed by atoms with Crippen LogP contribution in [0.15, 0.2) is 24.3 Å². The van der Waals surface area contributed by atoms with Crippen LogP contribution in [0.25, 0.3) is 0 Å². The molecule has 0 radical (unpaired) electrons. The van der Waals surface area contributed by atoms with Gasteiger partial charge in [-0.15, -0.1) is 0 Å². The van der Waals surface area contributed by atoms with Crippen LogP contribution in [0.2, 0.25) is 10.0 Å². The maximum atomic E-state index is 12.2. The number of nitrogens with one attached hydrogen (secondary N) is 2.